The van der Waals surface area contributed by atoms with Crippen molar-refractivity contribution in [3.05, 3.63) is 22.2 Å². The molecular weight excluding hydrogens is 312 g/mol. The number of halogens is 1. The molecule has 1 aromatic carbocycles. The van der Waals surface area contributed by atoms with Gasteiger partial charge >= 0.3 is 6.03 Å². The minimum absolute atomic E-state index is 0.0204. The van der Waals surface area contributed by atoms with Gasteiger partial charge in [0.1, 0.15) is 0 Å². The highest BCUT2D eigenvalue weighted by Crippen LogP contribution is 2.33. The third kappa shape index (κ3) is 3.12. The normalized spacial score (nSPS) is 13.7. The number of benzene rings is 1. The second-order valence-corrected chi connectivity index (χ2v) is 5.15. The molecule has 19 heavy (non-hydrogen) atoms. The van der Waals surface area contributed by atoms with Gasteiger partial charge in [0.15, 0.2) is 11.5 Å². The number of amides is 2. The molecule has 0 radical (unpaired) electrons. The molecule has 0 spiro atoms. The number of hydrogen-bond donors (Lipinski definition) is 1. The number of carbonyl (C=O) groups is 1. The van der Waals surface area contributed by atoms with Crippen LogP contribution >= 0.6 is 15.9 Å². The van der Waals surface area contributed by atoms with E-state index in [-0.39, 0.29) is 6.03 Å². The first-order chi connectivity index (χ1) is 9.15. The molecule has 0 aromatic heterocycles. The van der Waals surface area contributed by atoms with Crippen LogP contribution in [0.4, 0.5) is 4.79 Å². The van der Waals surface area contributed by atoms with Crippen LogP contribution in [0, 0.1) is 0 Å². The Morgan fingerprint density at radius 1 is 1.32 bits per heavy atom. The van der Waals surface area contributed by atoms with Crippen molar-refractivity contribution in [2.24, 2.45) is 0 Å². The van der Waals surface area contributed by atoms with Gasteiger partial charge in [-0.05, 0) is 24.1 Å². The summed E-state index contributed by atoms with van der Waals surface area (Å²) >= 11 is 3.47. The van der Waals surface area contributed by atoms with Crippen LogP contribution in [-0.4, -0.2) is 38.2 Å². The first-order valence-electron chi connectivity index (χ1n) is 6.09. The van der Waals surface area contributed by atoms with E-state index in [2.05, 4.69) is 21.2 Å². The van der Waals surface area contributed by atoms with Gasteiger partial charge in [-0.1, -0.05) is 15.9 Å². The lowest BCUT2D eigenvalue weighted by atomic mass is 10.2. The highest BCUT2D eigenvalue weighted by Gasteiger charge is 2.20. The van der Waals surface area contributed by atoms with Crippen LogP contribution < -0.4 is 14.8 Å². The molecule has 1 saturated heterocycles. The third-order valence-corrected chi connectivity index (χ3v) is 3.86. The van der Waals surface area contributed by atoms with Crippen LogP contribution in [0.1, 0.15) is 12.0 Å². The molecule has 6 heteroatoms. The largest absolute Gasteiger partial charge is 0.493 e. The van der Waals surface area contributed by atoms with E-state index in [1.54, 1.807) is 19.1 Å². The van der Waals surface area contributed by atoms with Crippen LogP contribution in [0.3, 0.4) is 0 Å². The maximum atomic E-state index is 11.7. The van der Waals surface area contributed by atoms with Crippen molar-refractivity contribution in [1.82, 2.24) is 10.2 Å². The number of nitrogens with zero attached hydrogens (tertiary/aromatic N) is 1. The molecule has 1 aliphatic rings. The molecule has 0 aliphatic carbocycles. The Hall–Kier alpha value is -1.43. The SMILES string of the molecule is COc1cc(Br)c(CNC(=O)N2CCC2)cc1OC. The fourth-order valence-corrected chi connectivity index (χ4v) is 2.30. The minimum Gasteiger partial charge on any atom is -0.493 e. The van der Waals surface area contributed by atoms with E-state index >= 15 is 0 Å². The van der Waals surface area contributed by atoms with Gasteiger partial charge in [-0.3, -0.25) is 0 Å². The Labute approximate surface area is 121 Å². The predicted molar refractivity (Wildman–Crippen MR) is 75.7 cm³/mol. The summed E-state index contributed by atoms with van der Waals surface area (Å²) in [6.07, 6.45) is 1.09. The zero-order valence-corrected chi connectivity index (χ0v) is 12.6. The Bertz CT molecular complexity index is 475. The van der Waals surface area contributed by atoms with Gasteiger partial charge in [-0.25, -0.2) is 4.79 Å². The number of methoxy groups -OCH3 is 2. The molecular formula is C13H17BrN2O3. The van der Waals surface area contributed by atoms with E-state index in [1.165, 1.54) is 0 Å². The van der Waals surface area contributed by atoms with Crippen LogP contribution in [0.2, 0.25) is 0 Å². The van der Waals surface area contributed by atoms with Gasteiger partial charge in [-0.2, -0.15) is 0 Å². The number of likely N-dealkylation sites (tertiary alicyclic amines) is 1. The average molecular weight is 329 g/mol. The smallest absolute Gasteiger partial charge is 0.317 e. The third-order valence-electron chi connectivity index (χ3n) is 3.13. The summed E-state index contributed by atoms with van der Waals surface area (Å²) in [5.74, 6) is 1.31. The van der Waals surface area contributed by atoms with Gasteiger partial charge in [0.05, 0.1) is 14.2 Å². The summed E-state index contributed by atoms with van der Waals surface area (Å²) in [6.45, 7) is 2.15. The molecule has 2 rings (SSSR count). The van der Waals surface area contributed by atoms with Crippen LogP contribution in [0.5, 0.6) is 11.5 Å². The highest BCUT2D eigenvalue weighted by atomic mass is 79.9. The Kier molecular flexibility index (Phi) is 4.52. The number of nitrogens with one attached hydrogen (secondary N) is 1. The maximum Gasteiger partial charge on any atom is 0.317 e. The van der Waals surface area contributed by atoms with Gasteiger partial charge < -0.3 is 19.7 Å². The molecule has 1 N–H and O–H groups in total. The Morgan fingerprint density at radius 3 is 2.47 bits per heavy atom. The van der Waals surface area contributed by atoms with Crippen molar-refractivity contribution in [3.8, 4) is 11.5 Å². The van der Waals surface area contributed by atoms with E-state index < -0.39 is 0 Å². The van der Waals surface area contributed by atoms with E-state index in [1.807, 2.05) is 12.1 Å². The molecule has 0 atom stereocenters. The standard InChI is InChI=1S/C13H17BrN2O3/c1-18-11-6-9(10(14)7-12(11)19-2)8-15-13(17)16-4-3-5-16/h6-7H,3-5,8H2,1-2H3,(H,15,17). The van der Waals surface area contributed by atoms with Crippen molar-refractivity contribution in [2.75, 3.05) is 27.3 Å². The van der Waals surface area contributed by atoms with Crippen LogP contribution in [-0.2, 0) is 6.54 Å². The number of rotatable bonds is 4. The van der Waals surface area contributed by atoms with E-state index in [4.69, 9.17) is 9.47 Å². The zero-order chi connectivity index (χ0) is 13.8. The molecule has 0 bridgehead atoms. The van der Waals surface area contributed by atoms with Gasteiger partial charge in [0.25, 0.3) is 0 Å². The highest BCUT2D eigenvalue weighted by molar-refractivity contribution is 9.10. The van der Waals surface area contributed by atoms with Gasteiger partial charge in [0, 0.05) is 24.1 Å². The monoisotopic (exact) mass is 328 g/mol. The van der Waals surface area contributed by atoms with Crippen molar-refractivity contribution in [3.63, 3.8) is 0 Å². The number of urea groups is 1. The summed E-state index contributed by atoms with van der Waals surface area (Å²) in [5.41, 5.74) is 0.950. The summed E-state index contributed by atoms with van der Waals surface area (Å²) in [6, 6.07) is 3.68. The lowest BCUT2D eigenvalue weighted by Crippen LogP contribution is -2.47. The second-order valence-electron chi connectivity index (χ2n) is 4.30. The molecule has 1 fully saturated rings. The fraction of sp³-hybridized carbons (Fsp3) is 0.462. The summed E-state index contributed by atoms with van der Waals surface area (Å²) < 4.78 is 11.3. The molecule has 0 unspecified atom stereocenters. The predicted octanol–water partition coefficient (Wildman–Crippen LogP) is 2.38. The van der Waals surface area contributed by atoms with E-state index in [0.717, 1.165) is 29.5 Å². The molecule has 1 aromatic rings. The average Bonchev–Trinajstić information content (AvgIpc) is 2.34. The topological polar surface area (TPSA) is 50.8 Å². The van der Waals surface area contributed by atoms with Crippen molar-refractivity contribution in [1.29, 1.82) is 0 Å². The first kappa shape index (κ1) is 14.0. The van der Waals surface area contributed by atoms with Gasteiger partial charge in [-0.15, -0.1) is 0 Å². The van der Waals surface area contributed by atoms with Crippen molar-refractivity contribution < 1.29 is 14.3 Å². The van der Waals surface area contributed by atoms with Crippen molar-refractivity contribution >= 4 is 22.0 Å². The molecule has 1 aliphatic heterocycles. The number of ether oxygens (including phenoxy) is 2. The van der Waals surface area contributed by atoms with Crippen molar-refractivity contribution in [2.45, 2.75) is 13.0 Å². The Morgan fingerprint density at radius 2 is 1.95 bits per heavy atom. The molecule has 104 valence electrons. The minimum atomic E-state index is -0.0204. The van der Waals surface area contributed by atoms with Crippen LogP contribution in [0.15, 0.2) is 16.6 Å². The van der Waals surface area contributed by atoms with E-state index in [9.17, 15) is 4.79 Å². The maximum absolute atomic E-state index is 11.7. The number of carbonyl (C=O) groups excluding carboxylic acids is 1. The molecule has 5 nitrogen and oxygen atoms in total. The molecule has 2 amide bonds. The second kappa shape index (κ2) is 6.14. The molecule has 0 saturated carbocycles. The zero-order valence-electron chi connectivity index (χ0n) is 11.0. The summed E-state index contributed by atoms with van der Waals surface area (Å²) in [5, 5.41) is 2.89. The van der Waals surface area contributed by atoms with Gasteiger partial charge in [0.2, 0.25) is 0 Å². The first-order valence-corrected chi connectivity index (χ1v) is 6.88. The summed E-state index contributed by atoms with van der Waals surface area (Å²) in [7, 11) is 3.18. The Balaban J connectivity index is 2.04. The molecule has 1 heterocycles. The lowest BCUT2D eigenvalue weighted by molar-refractivity contribution is 0.167. The van der Waals surface area contributed by atoms with Crippen LogP contribution in [0.25, 0.3) is 0 Å². The van der Waals surface area contributed by atoms with E-state index in [0.29, 0.717) is 18.0 Å². The quantitative estimate of drug-likeness (QED) is 0.923. The summed E-state index contributed by atoms with van der Waals surface area (Å²) in [4.78, 5) is 13.5. The fourth-order valence-electron chi connectivity index (χ4n) is 1.83. The lowest BCUT2D eigenvalue weighted by Gasteiger charge is -2.30. The number of hydrogen-bond acceptors (Lipinski definition) is 3.